The summed E-state index contributed by atoms with van der Waals surface area (Å²) in [5.41, 5.74) is 0.348. The topological polar surface area (TPSA) is 58.6 Å². The molecule has 0 aromatic heterocycles. The first-order valence-corrected chi connectivity index (χ1v) is 4.75. The maximum atomic E-state index is 11.6. The monoisotopic (exact) mass is 207 g/mol. The highest BCUT2D eigenvalue weighted by atomic mass is 16.5. The quantitative estimate of drug-likeness (QED) is 0.638. The van der Waals surface area contributed by atoms with E-state index in [1.807, 2.05) is 6.92 Å². The van der Waals surface area contributed by atoms with Gasteiger partial charge in [-0.2, -0.15) is 0 Å². The Morgan fingerprint density at radius 1 is 1.40 bits per heavy atom. The number of phenols is 1. The lowest BCUT2D eigenvalue weighted by atomic mass is 10.0. The van der Waals surface area contributed by atoms with E-state index in [9.17, 15) is 9.90 Å². The third-order valence-corrected chi connectivity index (χ3v) is 2.48. The fraction of sp³-hybridized carbons (Fsp3) is 0.364. The minimum atomic E-state index is -0.897. The first kappa shape index (κ1) is 9.83. The third-order valence-electron chi connectivity index (χ3n) is 2.48. The van der Waals surface area contributed by atoms with E-state index < -0.39 is 5.60 Å². The Balaban J connectivity index is 2.59. The molecule has 1 amide bonds. The Morgan fingerprint density at radius 3 is 2.73 bits per heavy atom. The van der Waals surface area contributed by atoms with E-state index in [1.165, 1.54) is 6.07 Å². The van der Waals surface area contributed by atoms with E-state index in [4.69, 9.17) is 4.74 Å². The molecule has 1 heterocycles. The summed E-state index contributed by atoms with van der Waals surface area (Å²) in [4.78, 5) is 11.6. The van der Waals surface area contributed by atoms with Crippen LogP contribution in [0.4, 0.5) is 5.69 Å². The van der Waals surface area contributed by atoms with Crippen molar-refractivity contribution in [1.82, 2.24) is 0 Å². The first-order valence-electron chi connectivity index (χ1n) is 4.75. The van der Waals surface area contributed by atoms with Gasteiger partial charge in [-0.05, 0) is 32.4 Å². The minimum absolute atomic E-state index is 0.0273. The van der Waals surface area contributed by atoms with Gasteiger partial charge in [-0.1, -0.05) is 6.07 Å². The molecule has 2 rings (SSSR count). The summed E-state index contributed by atoms with van der Waals surface area (Å²) < 4.78 is 5.57. The van der Waals surface area contributed by atoms with Crippen LogP contribution in [0.25, 0.3) is 0 Å². The molecule has 2 N–H and O–H groups in total. The number of aromatic hydroxyl groups is 1. The molecule has 0 saturated carbocycles. The molecule has 1 aromatic carbocycles. The number of hydrogen-bond acceptors (Lipinski definition) is 3. The van der Waals surface area contributed by atoms with Gasteiger partial charge in [0.15, 0.2) is 11.4 Å². The van der Waals surface area contributed by atoms with Gasteiger partial charge >= 0.3 is 0 Å². The lowest BCUT2D eigenvalue weighted by molar-refractivity contribution is -0.129. The molecule has 4 nitrogen and oxygen atoms in total. The Kier molecular flexibility index (Phi) is 1.89. The number of carbonyl (C=O) groups is 1. The Morgan fingerprint density at radius 2 is 2.07 bits per heavy atom. The standard InChI is InChI=1S/C11H13NO3/c1-6-4-5-7(13)8-9(6)15-11(2,3)10(14)12-8/h4-5,13H,1-3H3,(H,12,14). The average Bonchev–Trinajstić information content (AvgIpc) is 2.15. The molecule has 1 aromatic rings. The molecule has 4 heteroatoms. The number of anilines is 1. The van der Waals surface area contributed by atoms with Gasteiger partial charge in [0.2, 0.25) is 0 Å². The van der Waals surface area contributed by atoms with Crippen molar-refractivity contribution in [2.75, 3.05) is 5.32 Å². The number of ether oxygens (including phenoxy) is 1. The predicted octanol–water partition coefficient (Wildman–Crippen LogP) is 1.81. The summed E-state index contributed by atoms with van der Waals surface area (Å²) in [7, 11) is 0. The van der Waals surface area contributed by atoms with E-state index in [2.05, 4.69) is 5.32 Å². The maximum Gasteiger partial charge on any atom is 0.268 e. The second kappa shape index (κ2) is 2.89. The molecule has 0 fully saturated rings. The van der Waals surface area contributed by atoms with Crippen LogP contribution in [-0.4, -0.2) is 16.6 Å². The Labute approximate surface area is 87.9 Å². The highest BCUT2D eigenvalue weighted by Gasteiger charge is 2.37. The van der Waals surface area contributed by atoms with E-state index in [0.29, 0.717) is 11.4 Å². The fourth-order valence-corrected chi connectivity index (χ4v) is 1.49. The molecule has 0 radical (unpaired) electrons. The molecule has 0 saturated heterocycles. The van der Waals surface area contributed by atoms with Crippen LogP contribution < -0.4 is 10.1 Å². The lowest BCUT2D eigenvalue weighted by Crippen LogP contribution is -2.45. The SMILES string of the molecule is Cc1ccc(O)c2c1OC(C)(C)C(=O)N2. The highest BCUT2D eigenvalue weighted by Crippen LogP contribution is 2.41. The fourth-order valence-electron chi connectivity index (χ4n) is 1.49. The van der Waals surface area contributed by atoms with Crippen molar-refractivity contribution in [3.8, 4) is 11.5 Å². The lowest BCUT2D eigenvalue weighted by Gasteiger charge is -2.32. The van der Waals surface area contributed by atoms with Crippen molar-refractivity contribution in [2.24, 2.45) is 0 Å². The van der Waals surface area contributed by atoms with Gasteiger partial charge in [-0.25, -0.2) is 0 Å². The number of fused-ring (bicyclic) bond motifs is 1. The zero-order valence-electron chi connectivity index (χ0n) is 8.92. The van der Waals surface area contributed by atoms with Gasteiger partial charge < -0.3 is 15.2 Å². The number of hydrogen-bond donors (Lipinski definition) is 2. The summed E-state index contributed by atoms with van der Waals surface area (Å²) in [6, 6.07) is 3.29. The van der Waals surface area contributed by atoms with E-state index in [1.54, 1.807) is 19.9 Å². The van der Waals surface area contributed by atoms with Gasteiger partial charge in [0.1, 0.15) is 11.4 Å². The zero-order valence-corrected chi connectivity index (χ0v) is 8.92. The molecule has 0 bridgehead atoms. The van der Waals surface area contributed by atoms with Crippen LogP contribution in [0, 0.1) is 6.92 Å². The van der Waals surface area contributed by atoms with E-state index in [-0.39, 0.29) is 11.7 Å². The molecule has 15 heavy (non-hydrogen) atoms. The summed E-state index contributed by atoms with van der Waals surface area (Å²) in [6.45, 7) is 5.25. The second-order valence-corrected chi connectivity index (χ2v) is 4.17. The molecule has 1 aliphatic rings. The number of aryl methyl sites for hydroxylation is 1. The Bertz CT molecular complexity index is 438. The summed E-state index contributed by atoms with van der Waals surface area (Å²) in [6.07, 6.45) is 0. The number of carbonyl (C=O) groups excluding carboxylic acids is 1. The van der Waals surface area contributed by atoms with E-state index >= 15 is 0 Å². The number of phenolic OH excluding ortho intramolecular Hbond substituents is 1. The van der Waals surface area contributed by atoms with Crippen molar-refractivity contribution in [1.29, 1.82) is 0 Å². The summed E-state index contributed by atoms with van der Waals surface area (Å²) in [5.74, 6) is 0.315. The molecular formula is C11H13NO3. The van der Waals surface area contributed by atoms with Gasteiger partial charge in [-0.3, -0.25) is 4.79 Å². The second-order valence-electron chi connectivity index (χ2n) is 4.17. The molecule has 0 atom stereocenters. The summed E-state index contributed by atoms with van der Waals surface area (Å²) in [5, 5.41) is 12.2. The average molecular weight is 207 g/mol. The minimum Gasteiger partial charge on any atom is -0.506 e. The van der Waals surface area contributed by atoms with Gasteiger partial charge in [-0.15, -0.1) is 0 Å². The van der Waals surface area contributed by atoms with Gasteiger partial charge in [0.05, 0.1) is 0 Å². The van der Waals surface area contributed by atoms with Crippen molar-refractivity contribution >= 4 is 11.6 Å². The number of benzene rings is 1. The maximum absolute atomic E-state index is 11.6. The molecule has 0 spiro atoms. The number of nitrogens with one attached hydrogen (secondary N) is 1. The highest BCUT2D eigenvalue weighted by molar-refractivity contribution is 6.01. The van der Waals surface area contributed by atoms with Crippen LogP contribution in [0.15, 0.2) is 12.1 Å². The normalized spacial score (nSPS) is 17.7. The van der Waals surface area contributed by atoms with Crippen LogP contribution >= 0.6 is 0 Å². The number of rotatable bonds is 0. The van der Waals surface area contributed by atoms with Crippen molar-refractivity contribution in [3.63, 3.8) is 0 Å². The smallest absolute Gasteiger partial charge is 0.268 e. The van der Waals surface area contributed by atoms with Gasteiger partial charge in [0, 0.05) is 0 Å². The molecule has 1 aliphatic heterocycles. The molecule has 80 valence electrons. The third kappa shape index (κ3) is 1.42. The van der Waals surface area contributed by atoms with E-state index in [0.717, 1.165) is 5.56 Å². The van der Waals surface area contributed by atoms with Crippen molar-refractivity contribution < 1.29 is 14.6 Å². The van der Waals surface area contributed by atoms with Crippen LogP contribution in [0.1, 0.15) is 19.4 Å². The number of amides is 1. The van der Waals surface area contributed by atoms with Crippen LogP contribution in [0.2, 0.25) is 0 Å². The van der Waals surface area contributed by atoms with Gasteiger partial charge in [0.25, 0.3) is 5.91 Å². The molecule has 0 aliphatic carbocycles. The molecule has 0 unspecified atom stereocenters. The van der Waals surface area contributed by atoms with Crippen LogP contribution in [0.5, 0.6) is 11.5 Å². The van der Waals surface area contributed by atoms with Crippen molar-refractivity contribution in [2.45, 2.75) is 26.4 Å². The largest absolute Gasteiger partial charge is 0.506 e. The zero-order chi connectivity index (χ0) is 11.2. The van der Waals surface area contributed by atoms with Crippen molar-refractivity contribution in [3.05, 3.63) is 17.7 Å². The van der Waals surface area contributed by atoms with Crippen LogP contribution in [-0.2, 0) is 4.79 Å². The molecular weight excluding hydrogens is 194 g/mol. The predicted molar refractivity (Wildman–Crippen MR) is 56.2 cm³/mol. The first-order chi connectivity index (χ1) is 6.92. The Hall–Kier alpha value is -1.71. The van der Waals surface area contributed by atoms with Crippen LogP contribution in [0.3, 0.4) is 0 Å². The summed E-state index contributed by atoms with van der Waals surface area (Å²) >= 11 is 0.